The van der Waals surface area contributed by atoms with E-state index < -0.39 is 0 Å². The molecule has 0 spiro atoms. The number of nitrogens with one attached hydrogen (secondary N) is 1. The zero-order valence-electron chi connectivity index (χ0n) is 12.9. The lowest BCUT2D eigenvalue weighted by molar-refractivity contribution is -0.125. The van der Waals surface area contributed by atoms with E-state index in [1.807, 2.05) is 12.1 Å². The molecule has 2 aliphatic heterocycles. The molecule has 1 amide bonds. The van der Waals surface area contributed by atoms with Gasteiger partial charge in [0.2, 0.25) is 5.91 Å². The lowest BCUT2D eigenvalue weighted by atomic mass is 10.1. The van der Waals surface area contributed by atoms with Gasteiger partial charge in [-0.2, -0.15) is 4.52 Å². The number of aromatic nitrogens is 4. The second-order valence-corrected chi connectivity index (χ2v) is 6.05. The number of hydrogen-bond acceptors (Lipinski definition) is 6. The predicted octanol–water partition coefficient (Wildman–Crippen LogP) is 0.377. The summed E-state index contributed by atoms with van der Waals surface area (Å²) in [5, 5.41) is 15.8. The molecule has 8 nitrogen and oxygen atoms in total. The molecule has 8 heteroatoms. The molecular weight excluding hydrogens is 296 g/mol. The molecule has 2 fully saturated rings. The number of fused-ring (bicyclic) bond motifs is 1. The van der Waals surface area contributed by atoms with Crippen LogP contribution in [0.5, 0.6) is 0 Å². The Balaban J connectivity index is 1.50. The summed E-state index contributed by atoms with van der Waals surface area (Å²) in [4.78, 5) is 14.3. The third-order valence-electron chi connectivity index (χ3n) is 4.46. The normalized spacial score (nSPS) is 21.2. The Labute approximate surface area is 133 Å². The van der Waals surface area contributed by atoms with Gasteiger partial charge < -0.3 is 15.0 Å². The van der Waals surface area contributed by atoms with Gasteiger partial charge in [-0.05, 0) is 31.4 Å². The van der Waals surface area contributed by atoms with Gasteiger partial charge in [-0.15, -0.1) is 15.3 Å². The second kappa shape index (κ2) is 6.11. The minimum atomic E-state index is -0.0534. The maximum atomic E-state index is 12.1. The smallest absolute Gasteiger partial charge is 0.225 e. The summed E-state index contributed by atoms with van der Waals surface area (Å²) in [5.41, 5.74) is 0.696. The summed E-state index contributed by atoms with van der Waals surface area (Å²) in [6.07, 6.45) is 3.19. The van der Waals surface area contributed by atoms with Crippen molar-refractivity contribution in [2.45, 2.75) is 25.8 Å². The molecule has 2 aromatic rings. The lowest BCUT2D eigenvalue weighted by Crippen LogP contribution is -2.31. The first-order chi connectivity index (χ1) is 11.3. The topological polar surface area (TPSA) is 84.7 Å². The number of nitrogens with zero attached hydrogens (tertiary/aromatic N) is 5. The van der Waals surface area contributed by atoms with Gasteiger partial charge >= 0.3 is 0 Å². The van der Waals surface area contributed by atoms with E-state index >= 15 is 0 Å². The molecule has 0 saturated carbocycles. The van der Waals surface area contributed by atoms with E-state index in [9.17, 15) is 4.79 Å². The summed E-state index contributed by atoms with van der Waals surface area (Å²) < 4.78 is 6.97. The minimum absolute atomic E-state index is 0.00921. The molecule has 2 aromatic heterocycles. The Kier molecular flexibility index (Phi) is 3.82. The van der Waals surface area contributed by atoms with E-state index in [2.05, 4.69) is 25.5 Å². The number of carbonyl (C=O) groups is 1. The van der Waals surface area contributed by atoms with E-state index in [0.29, 0.717) is 31.2 Å². The molecule has 0 radical (unpaired) electrons. The van der Waals surface area contributed by atoms with E-state index in [1.54, 1.807) is 4.52 Å². The van der Waals surface area contributed by atoms with Crippen LogP contribution in [0.3, 0.4) is 0 Å². The van der Waals surface area contributed by atoms with Crippen molar-refractivity contribution in [1.29, 1.82) is 0 Å². The van der Waals surface area contributed by atoms with Crippen LogP contribution in [0.1, 0.15) is 25.1 Å². The Hall–Kier alpha value is -2.22. The first-order valence-corrected chi connectivity index (χ1v) is 8.13. The summed E-state index contributed by atoms with van der Waals surface area (Å²) in [5.74, 6) is 1.54. The van der Waals surface area contributed by atoms with Crippen LogP contribution in [-0.4, -0.2) is 52.0 Å². The van der Waals surface area contributed by atoms with Crippen molar-refractivity contribution in [2.75, 3.05) is 31.2 Å². The SMILES string of the molecule is O=C(NCc1nnc2ccc(N3CCCC3)nn12)[C@@H]1CCOC1. The van der Waals surface area contributed by atoms with Gasteiger partial charge in [-0.25, -0.2) is 0 Å². The van der Waals surface area contributed by atoms with Crippen molar-refractivity contribution in [3.05, 3.63) is 18.0 Å². The highest BCUT2D eigenvalue weighted by Crippen LogP contribution is 2.18. The molecule has 2 aliphatic rings. The van der Waals surface area contributed by atoms with Gasteiger partial charge in [0, 0.05) is 19.7 Å². The fourth-order valence-corrected chi connectivity index (χ4v) is 3.10. The molecule has 1 N–H and O–H groups in total. The van der Waals surface area contributed by atoms with E-state index in [0.717, 1.165) is 25.3 Å². The molecule has 0 bridgehead atoms. The van der Waals surface area contributed by atoms with Crippen LogP contribution in [0.25, 0.3) is 5.65 Å². The number of ether oxygens (including phenoxy) is 1. The molecule has 4 rings (SSSR count). The first kappa shape index (κ1) is 14.4. The van der Waals surface area contributed by atoms with Crippen LogP contribution in [0, 0.1) is 5.92 Å². The molecule has 1 atom stereocenters. The molecule has 4 heterocycles. The zero-order valence-corrected chi connectivity index (χ0v) is 12.9. The average molecular weight is 316 g/mol. The fourth-order valence-electron chi connectivity index (χ4n) is 3.10. The van der Waals surface area contributed by atoms with Crippen molar-refractivity contribution in [3.63, 3.8) is 0 Å². The van der Waals surface area contributed by atoms with Gasteiger partial charge in [0.05, 0.1) is 19.1 Å². The highest BCUT2D eigenvalue weighted by molar-refractivity contribution is 5.78. The number of anilines is 1. The maximum Gasteiger partial charge on any atom is 0.225 e. The van der Waals surface area contributed by atoms with Crippen LogP contribution >= 0.6 is 0 Å². The van der Waals surface area contributed by atoms with Gasteiger partial charge in [0.1, 0.15) is 5.82 Å². The number of carbonyl (C=O) groups excluding carboxylic acids is 1. The highest BCUT2D eigenvalue weighted by Gasteiger charge is 2.23. The van der Waals surface area contributed by atoms with E-state index in [4.69, 9.17) is 4.74 Å². The predicted molar refractivity (Wildman–Crippen MR) is 83.0 cm³/mol. The van der Waals surface area contributed by atoms with Crippen molar-refractivity contribution >= 4 is 17.4 Å². The van der Waals surface area contributed by atoms with Crippen LogP contribution in [0.4, 0.5) is 5.82 Å². The summed E-state index contributed by atoms with van der Waals surface area (Å²) in [7, 11) is 0. The second-order valence-electron chi connectivity index (χ2n) is 6.05. The van der Waals surface area contributed by atoms with Crippen molar-refractivity contribution in [3.8, 4) is 0 Å². The van der Waals surface area contributed by atoms with Crippen molar-refractivity contribution in [1.82, 2.24) is 25.1 Å². The minimum Gasteiger partial charge on any atom is -0.381 e. The fraction of sp³-hybridized carbons (Fsp3) is 0.600. The zero-order chi connectivity index (χ0) is 15.6. The van der Waals surface area contributed by atoms with Crippen LogP contribution < -0.4 is 10.2 Å². The van der Waals surface area contributed by atoms with E-state index in [-0.39, 0.29) is 11.8 Å². The quantitative estimate of drug-likeness (QED) is 0.878. The Morgan fingerprint density at radius 2 is 2.17 bits per heavy atom. The standard InChI is InChI=1S/C15H20N6O2/c22-15(11-5-8-23-10-11)16-9-14-18-17-12-3-4-13(19-21(12)14)20-6-1-2-7-20/h3-4,11H,1-2,5-10H2,(H,16,22)/t11-/m1/s1. The molecule has 0 unspecified atom stereocenters. The van der Waals surface area contributed by atoms with E-state index in [1.165, 1.54) is 12.8 Å². The highest BCUT2D eigenvalue weighted by atomic mass is 16.5. The van der Waals surface area contributed by atoms with Gasteiger partial charge in [0.15, 0.2) is 11.5 Å². The lowest BCUT2D eigenvalue weighted by Gasteiger charge is -2.16. The monoisotopic (exact) mass is 316 g/mol. The maximum absolute atomic E-state index is 12.1. The Morgan fingerprint density at radius 3 is 2.96 bits per heavy atom. The van der Waals surface area contributed by atoms with Crippen LogP contribution in [-0.2, 0) is 16.1 Å². The van der Waals surface area contributed by atoms with Gasteiger partial charge in [-0.3, -0.25) is 4.79 Å². The van der Waals surface area contributed by atoms with Crippen molar-refractivity contribution < 1.29 is 9.53 Å². The Bertz CT molecular complexity index is 703. The van der Waals surface area contributed by atoms with Crippen molar-refractivity contribution in [2.24, 2.45) is 5.92 Å². The molecular formula is C15H20N6O2. The first-order valence-electron chi connectivity index (χ1n) is 8.13. The molecule has 0 aromatic carbocycles. The third kappa shape index (κ3) is 2.86. The van der Waals surface area contributed by atoms with Gasteiger partial charge in [-0.1, -0.05) is 0 Å². The van der Waals surface area contributed by atoms with Gasteiger partial charge in [0.25, 0.3) is 0 Å². The summed E-state index contributed by atoms with van der Waals surface area (Å²) >= 11 is 0. The summed E-state index contributed by atoms with van der Waals surface area (Å²) in [6, 6.07) is 3.90. The largest absolute Gasteiger partial charge is 0.381 e. The molecule has 122 valence electrons. The van der Waals surface area contributed by atoms with Crippen LogP contribution in [0.15, 0.2) is 12.1 Å². The Morgan fingerprint density at radius 1 is 1.30 bits per heavy atom. The summed E-state index contributed by atoms with van der Waals surface area (Å²) in [6.45, 7) is 3.56. The number of rotatable bonds is 4. The number of amides is 1. The molecule has 23 heavy (non-hydrogen) atoms. The third-order valence-corrected chi connectivity index (χ3v) is 4.46. The molecule has 2 saturated heterocycles. The number of hydrogen-bond donors (Lipinski definition) is 1. The van der Waals surface area contributed by atoms with Crippen LogP contribution in [0.2, 0.25) is 0 Å². The average Bonchev–Trinajstić information content (AvgIpc) is 3.33. The molecule has 0 aliphatic carbocycles.